The second kappa shape index (κ2) is 3.36. The Kier molecular flexibility index (Phi) is 2.67. The quantitative estimate of drug-likeness (QED) is 0.660. The molecule has 1 aliphatic heterocycles. The van der Waals surface area contributed by atoms with Gasteiger partial charge in [-0.25, -0.2) is 0 Å². The second-order valence-corrected chi connectivity index (χ2v) is 4.59. The van der Waals surface area contributed by atoms with Gasteiger partial charge in [0.25, 0.3) is 0 Å². The van der Waals surface area contributed by atoms with E-state index in [-0.39, 0.29) is 0 Å². The highest BCUT2D eigenvalue weighted by molar-refractivity contribution is 8.20. The molecule has 0 aromatic rings. The molecule has 0 bridgehead atoms. The third kappa shape index (κ3) is 1.81. The van der Waals surface area contributed by atoms with Crippen molar-refractivity contribution in [3.8, 4) is 0 Å². The van der Waals surface area contributed by atoms with E-state index >= 15 is 0 Å². The molecule has 62 valence electrons. The summed E-state index contributed by atoms with van der Waals surface area (Å²) in [4.78, 5) is 20.8. The van der Waals surface area contributed by atoms with Gasteiger partial charge in [-0.05, 0) is 0 Å². The van der Waals surface area contributed by atoms with Crippen molar-refractivity contribution in [2.45, 2.75) is 10.5 Å². The van der Waals surface area contributed by atoms with E-state index in [0.717, 1.165) is 0 Å². The first-order valence-corrected chi connectivity index (χ1v) is 4.91. The van der Waals surface area contributed by atoms with Crippen molar-refractivity contribution < 1.29 is 19.8 Å². The molecule has 6 heteroatoms. The Morgan fingerprint density at radius 3 is 1.73 bits per heavy atom. The molecule has 0 radical (unpaired) electrons. The Morgan fingerprint density at radius 1 is 1.09 bits per heavy atom. The number of carboxylic acids is 2. The Bertz CT molecular complexity index is 173. The molecule has 1 heterocycles. The lowest BCUT2D eigenvalue weighted by Gasteiger charge is -2.07. The van der Waals surface area contributed by atoms with E-state index in [4.69, 9.17) is 10.2 Å². The smallest absolute Gasteiger partial charge is 0.318 e. The Morgan fingerprint density at radius 2 is 1.45 bits per heavy atom. The number of carbonyl (C=O) groups is 2. The molecule has 1 fully saturated rings. The lowest BCUT2D eigenvalue weighted by Crippen LogP contribution is -2.31. The predicted octanol–water partition coefficient (Wildman–Crippen LogP) is 0.330. The fraction of sp³-hybridized carbons (Fsp3) is 0.600. The fourth-order valence-corrected chi connectivity index (χ4v) is 3.59. The zero-order valence-corrected chi connectivity index (χ0v) is 7.02. The van der Waals surface area contributed by atoms with Gasteiger partial charge in [0.1, 0.15) is 10.5 Å². The van der Waals surface area contributed by atoms with Gasteiger partial charge in [0.15, 0.2) is 0 Å². The molecule has 4 nitrogen and oxygen atoms in total. The standard InChI is InChI=1S/C5H6O4S2/c6-4(7)2-3(5(8)9)11-1-10-2/h2-3H,1H2,(H,6,7)(H,8,9)/t2-,3+. The highest BCUT2D eigenvalue weighted by atomic mass is 32.2. The first kappa shape index (κ1) is 8.73. The Hall–Kier alpha value is -0.360. The van der Waals surface area contributed by atoms with E-state index < -0.39 is 22.4 Å². The number of thioether (sulfide) groups is 2. The number of carboxylic acid groups (broad SMARTS) is 2. The summed E-state index contributed by atoms with van der Waals surface area (Å²) in [7, 11) is 0. The van der Waals surface area contributed by atoms with Crippen LogP contribution in [0, 0.1) is 0 Å². The predicted molar refractivity (Wildman–Crippen MR) is 42.9 cm³/mol. The van der Waals surface area contributed by atoms with Crippen molar-refractivity contribution in [2.24, 2.45) is 0 Å². The second-order valence-electron chi connectivity index (χ2n) is 1.97. The molecule has 2 atom stereocenters. The summed E-state index contributed by atoms with van der Waals surface area (Å²) < 4.78 is 0. The van der Waals surface area contributed by atoms with Gasteiger partial charge in [0, 0.05) is 5.08 Å². The summed E-state index contributed by atoms with van der Waals surface area (Å²) in [6, 6.07) is 0. The number of hydrogen-bond acceptors (Lipinski definition) is 4. The van der Waals surface area contributed by atoms with Gasteiger partial charge in [0.2, 0.25) is 0 Å². The van der Waals surface area contributed by atoms with Crippen molar-refractivity contribution >= 4 is 35.5 Å². The molecule has 0 saturated carbocycles. The molecule has 0 unspecified atom stereocenters. The molecule has 1 aliphatic rings. The maximum atomic E-state index is 10.4. The largest absolute Gasteiger partial charge is 0.480 e. The molecule has 0 aliphatic carbocycles. The van der Waals surface area contributed by atoms with Crippen molar-refractivity contribution in [2.75, 3.05) is 5.08 Å². The van der Waals surface area contributed by atoms with Crippen LogP contribution in [0.4, 0.5) is 0 Å². The van der Waals surface area contributed by atoms with E-state index in [0.29, 0.717) is 5.08 Å². The first-order valence-electron chi connectivity index (χ1n) is 2.81. The van der Waals surface area contributed by atoms with Gasteiger partial charge in [-0.2, -0.15) is 0 Å². The third-order valence-electron chi connectivity index (χ3n) is 1.26. The van der Waals surface area contributed by atoms with Crippen LogP contribution < -0.4 is 0 Å². The van der Waals surface area contributed by atoms with Gasteiger partial charge >= 0.3 is 11.9 Å². The van der Waals surface area contributed by atoms with Crippen molar-refractivity contribution in [3.63, 3.8) is 0 Å². The van der Waals surface area contributed by atoms with Gasteiger partial charge < -0.3 is 10.2 Å². The average Bonchev–Trinajstić information content (AvgIpc) is 2.32. The summed E-state index contributed by atoms with van der Waals surface area (Å²) in [5.41, 5.74) is 0. The zero-order chi connectivity index (χ0) is 8.43. The SMILES string of the molecule is O=C(O)[C@H]1SCS[C@H]1C(=O)O. The molecule has 2 N–H and O–H groups in total. The highest BCUT2D eigenvalue weighted by Crippen LogP contribution is 2.36. The monoisotopic (exact) mass is 194 g/mol. The molecule has 0 aromatic heterocycles. The van der Waals surface area contributed by atoms with Crippen LogP contribution in [0.3, 0.4) is 0 Å². The van der Waals surface area contributed by atoms with Crippen LogP contribution in [0.5, 0.6) is 0 Å². The summed E-state index contributed by atoms with van der Waals surface area (Å²) >= 11 is 2.34. The Balaban J connectivity index is 2.65. The normalized spacial score (nSPS) is 30.2. The number of rotatable bonds is 2. The van der Waals surface area contributed by atoms with Crippen molar-refractivity contribution in [1.82, 2.24) is 0 Å². The van der Waals surface area contributed by atoms with E-state index in [1.165, 1.54) is 23.5 Å². The van der Waals surface area contributed by atoms with Gasteiger partial charge in [0.05, 0.1) is 0 Å². The van der Waals surface area contributed by atoms with Gasteiger partial charge in [-0.15, -0.1) is 23.5 Å². The van der Waals surface area contributed by atoms with Crippen LogP contribution in [0.15, 0.2) is 0 Å². The molecular formula is C5H6O4S2. The van der Waals surface area contributed by atoms with E-state index in [2.05, 4.69) is 0 Å². The first-order chi connectivity index (χ1) is 5.13. The summed E-state index contributed by atoms with van der Waals surface area (Å²) in [5.74, 6) is -2.07. The minimum atomic E-state index is -1.03. The van der Waals surface area contributed by atoms with Crippen LogP contribution in [-0.4, -0.2) is 37.7 Å². The molecule has 0 spiro atoms. The third-order valence-corrected chi connectivity index (χ3v) is 4.18. The zero-order valence-electron chi connectivity index (χ0n) is 5.39. The van der Waals surface area contributed by atoms with Crippen LogP contribution in [0.1, 0.15) is 0 Å². The van der Waals surface area contributed by atoms with Crippen molar-refractivity contribution in [1.29, 1.82) is 0 Å². The summed E-state index contributed by atoms with van der Waals surface area (Å²) in [6.07, 6.45) is 0. The molecule has 0 amide bonds. The Labute approximate surface area is 71.4 Å². The number of aliphatic carboxylic acids is 2. The van der Waals surface area contributed by atoms with E-state index in [9.17, 15) is 9.59 Å². The minimum Gasteiger partial charge on any atom is -0.480 e. The van der Waals surface area contributed by atoms with Crippen LogP contribution >= 0.6 is 23.5 Å². The highest BCUT2D eigenvalue weighted by Gasteiger charge is 2.39. The maximum absolute atomic E-state index is 10.4. The van der Waals surface area contributed by atoms with Crippen molar-refractivity contribution in [3.05, 3.63) is 0 Å². The van der Waals surface area contributed by atoms with Crippen LogP contribution in [0.2, 0.25) is 0 Å². The molecule has 1 saturated heterocycles. The van der Waals surface area contributed by atoms with Crippen LogP contribution in [0.25, 0.3) is 0 Å². The van der Waals surface area contributed by atoms with Gasteiger partial charge in [-0.1, -0.05) is 0 Å². The lowest BCUT2D eigenvalue weighted by atomic mass is 10.3. The number of hydrogen-bond donors (Lipinski definition) is 2. The molecule has 1 rings (SSSR count). The topological polar surface area (TPSA) is 74.6 Å². The minimum absolute atomic E-state index is 0.550. The molecular weight excluding hydrogens is 188 g/mol. The van der Waals surface area contributed by atoms with E-state index in [1.807, 2.05) is 0 Å². The molecule has 0 aromatic carbocycles. The maximum Gasteiger partial charge on any atom is 0.318 e. The lowest BCUT2D eigenvalue weighted by molar-refractivity contribution is -0.142. The summed E-state index contributed by atoms with van der Waals surface area (Å²) in [6.45, 7) is 0. The van der Waals surface area contributed by atoms with Crippen LogP contribution in [-0.2, 0) is 9.59 Å². The average molecular weight is 194 g/mol. The summed E-state index contributed by atoms with van der Waals surface area (Å²) in [5, 5.41) is 16.1. The van der Waals surface area contributed by atoms with E-state index in [1.54, 1.807) is 0 Å². The van der Waals surface area contributed by atoms with Gasteiger partial charge in [-0.3, -0.25) is 9.59 Å². The fourth-order valence-electron chi connectivity index (χ4n) is 0.762. The molecule has 11 heavy (non-hydrogen) atoms.